The number of hydrogen-bond donors (Lipinski definition) is 2. The fourth-order valence-electron chi connectivity index (χ4n) is 3.25. The van der Waals surface area contributed by atoms with E-state index in [1.165, 1.54) is 10.4 Å². The molecule has 1 fully saturated rings. The summed E-state index contributed by atoms with van der Waals surface area (Å²) in [5.41, 5.74) is 10.6. The molecule has 0 saturated carbocycles. The van der Waals surface area contributed by atoms with Gasteiger partial charge in [0, 0.05) is 49.7 Å². The molecule has 0 spiro atoms. The SMILES string of the molecule is Nc1ncc(-c2nc(N3CCOCC3)sc3c4c(nc2-3)CNC4)cn1. The largest absolute Gasteiger partial charge is 0.378 e. The molecule has 1 aromatic heterocycles. The summed E-state index contributed by atoms with van der Waals surface area (Å²) in [5.74, 6) is 0.259. The van der Waals surface area contributed by atoms with Gasteiger partial charge in [0.15, 0.2) is 5.13 Å². The maximum absolute atomic E-state index is 5.64. The first-order chi connectivity index (χ1) is 12.3. The highest BCUT2D eigenvalue weighted by Gasteiger charge is 2.28. The van der Waals surface area contributed by atoms with E-state index >= 15 is 0 Å². The lowest BCUT2D eigenvalue weighted by Crippen LogP contribution is -2.36. The molecular formula is C16H17N7OS. The van der Waals surface area contributed by atoms with Crippen LogP contribution in [0.5, 0.6) is 0 Å². The predicted molar refractivity (Wildman–Crippen MR) is 95.5 cm³/mol. The number of hydrogen-bond acceptors (Lipinski definition) is 9. The van der Waals surface area contributed by atoms with Crippen LogP contribution in [0, 0.1) is 0 Å². The number of ether oxygens (including phenoxy) is 1. The Morgan fingerprint density at radius 2 is 1.88 bits per heavy atom. The molecule has 1 aromatic rings. The van der Waals surface area contributed by atoms with E-state index in [1.54, 1.807) is 23.7 Å². The molecule has 0 aromatic carbocycles. The summed E-state index contributed by atoms with van der Waals surface area (Å²) in [4.78, 5) is 21.5. The number of fused-ring (bicyclic) bond motifs is 3. The average Bonchev–Trinajstić information content (AvgIpc) is 3.24. The van der Waals surface area contributed by atoms with Gasteiger partial charge >= 0.3 is 0 Å². The van der Waals surface area contributed by atoms with E-state index in [1.807, 2.05) is 0 Å². The first-order valence-corrected chi connectivity index (χ1v) is 9.05. The van der Waals surface area contributed by atoms with Crippen LogP contribution < -0.4 is 16.0 Å². The number of nitrogens with zero attached hydrogens (tertiary/aromatic N) is 5. The quantitative estimate of drug-likeness (QED) is 0.705. The topological polar surface area (TPSA) is 102 Å². The van der Waals surface area contributed by atoms with Crippen molar-refractivity contribution >= 4 is 22.4 Å². The zero-order valence-corrected chi connectivity index (χ0v) is 14.3. The number of aromatic nitrogens is 4. The van der Waals surface area contributed by atoms with E-state index in [4.69, 9.17) is 20.4 Å². The van der Waals surface area contributed by atoms with Gasteiger partial charge in [-0.05, 0) is 0 Å². The van der Waals surface area contributed by atoms with Gasteiger partial charge in [0.2, 0.25) is 5.95 Å². The first-order valence-electron chi connectivity index (χ1n) is 8.23. The number of morpholine rings is 1. The Labute approximate surface area is 148 Å². The second kappa shape index (κ2) is 5.87. The van der Waals surface area contributed by atoms with E-state index < -0.39 is 0 Å². The third kappa shape index (κ3) is 2.51. The number of nitrogen functional groups attached to an aromatic ring is 1. The molecule has 4 aliphatic rings. The molecule has 25 heavy (non-hydrogen) atoms. The lowest BCUT2D eigenvalue weighted by molar-refractivity contribution is 0.122. The van der Waals surface area contributed by atoms with Gasteiger partial charge in [-0.1, -0.05) is 11.3 Å². The third-order valence-corrected chi connectivity index (χ3v) is 5.71. The van der Waals surface area contributed by atoms with Gasteiger partial charge in [-0.25, -0.2) is 19.9 Å². The van der Waals surface area contributed by atoms with Crippen molar-refractivity contribution in [2.45, 2.75) is 13.1 Å². The smallest absolute Gasteiger partial charge is 0.219 e. The molecule has 5 heterocycles. The van der Waals surface area contributed by atoms with Gasteiger partial charge in [-0.2, -0.15) is 0 Å². The third-order valence-electron chi connectivity index (χ3n) is 4.53. The summed E-state index contributed by atoms with van der Waals surface area (Å²) in [7, 11) is 0. The van der Waals surface area contributed by atoms with Gasteiger partial charge < -0.3 is 20.7 Å². The van der Waals surface area contributed by atoms with Crippen molar-refractivity contribution in [3.63, 3.8) is 0 Å². The van der Waals surface area contributed by atoms with Crippen LogP contribution in [0.3, 0.4) is 0 Å². The van der Waals surface area contributed by atoms with Crippen LogP contribution in [0.2, 0.25) is 0 Å². The summed E-state index contributed by atoms with van der Waals surface area (Å²) in [6.45, 7) is 4.81. The van der Waals surface area contributed by atoms with Crippen LogP contribution in [0.15, 0.2) is 12.4 Å². The van der Waals surface area contributed by atoms with Crippen LogP contribution in [0.4, 0.5) is 11.1 Å². The molecule has 0 unspecified atom stereocenters. The van der Waals surface area contributed by atoms with Crippen LogP contribution in [-0.2, 0) is 17.8 Å². The Balaban J connectivity index is 1.70. The molecule has 8 nitrogen and oxygen atoms in total. The Morgan fingerprint density at radius 3 is 2.68 bits per heavy atom. The fourth-order valence-corrected chi connectivity index (χ4v) is 4.43. The number of nitrogens with two attached hydrogens (primary N) is 1. The van der Waals surface area contributed by atoms with Crippen molar-refractivity contribution in [3.8, 4) is 21.8 Å². The predicted octanol–water partition coefficient (Wildman–Crippen LogP) is 1.12. The second-order valence-corrected chi connectivity index (χ2v) is 7.07. The highest BCUT2D eigenvalue weighted by atomic mass is 32.1. The summed E-state index contributed by atoms with van der Waals surface area (Å²) < 4.78 is 5.47. The minimum absolute atomic E-state index is 0.259. The molecule has 5 rings (SSSR count). The maximum Gasteiger partial charge on any atom is 0.219 e. The molecule has 9 heteroatoms. The van der Waals surface area contributed by atoms with Gasteiger partial charge in [0.25, 0.3) is 0 Å². The van der Waals surface area contributed by atoms with Crippen LogP contribution in [0.25, 0.3) is 21.8 Å². The van der Waals surface area contributed by atoms with Gasteiger partial charge in [0.1, 0.15) is 11.4 Å². The van der Waals surface area contributed by atoms with Gasteiger partial charge in [-0.15, -0.1) is 0 Å². The van der Waals surface area contributed by atoms with Crippen molar-refractivity contribution in [2.24, 2.45) is 0 Å². The first kappa shape index (κ1) is 14.9. The molecule has 0 atom stereocenters. The molecule has 0 bridgehead atoms. The van der Waals surface area contributed by atoms with E-state index in [0.717, 1.165) is 67.2 Å². The average molecular weight is 355 g/mol. The lowest BCUT2D eigenvalue weighted by atomic mass is 10.1. The van der Waals surface area contributed by atoms with E-state index in [0.29, 0.717) is 0 Å². The summed E-state index contributed by atoms with van der Waals surface area (Å²) in [6, 6.07) is 0. The summed E-state index contributed by atoms with van der Waals surface area (Å²) in [5, 5.41) is 4.36. The highest BCUT2D eigenvalue weighted by Crippen LogP contribution is 2.43. The Bertz CT molecular complexity index is 888. The minimum Gasteiger partial charge on any atom is -0.378 e. The monoisotopic (exact) mass is 355 g/mol. The highest BCUT2D eigenvalue weighted by molar-refractivity contribution is 7.18. The van der Waals surface area contributed by atoms with Crippen LogP contribution in [0.1, 0.15) is 11.3 Å². The molecule has 4 aliphatic heterocycles. The molecule has 3 N–H and O–H groups in total. The second-order valence-electron chi connectivity index (χ2n) is 6.09. The normalized spacial score (nSPS) is 17.2. The van der Waals surface area contributed by atoms with Crippen molar-refractivity contribution in [2.75, 3.05) is 36.9 Å². The number of nitrogens with one attached hydrogen (secondary N) is 1. The van der Waals surface area contributed by atoms with E-state index in [9.17, 15) is 0 Å². The Hall–Kier alpha value is -2.36. The summed E-state index contributed by atoms with van der Waals surface area (Å²) >= 11 is 1.71. The fraction of sp³-hybridized carbons (Fsp3) is 0.375. The zero-order valence-electron chi connectivity index (χ0n) is 13.5. The summed E-state index contributed by atoms with van der Waals surface area (Å²) in [6.07, 6.45) is 3.44. The van der Waals surface area contributed by atoms with Crippen molar-refractivity contribution in [1.29, 1.82) is 0 Å². The van der Waals surface area contributed by atoms with Crippen molar-refractivity contribution in [1.82, 2.24) is 25.3 Å². The lowest BCUT2D eigenvalue weighted by Gasteiger charge is -2.28. The van der Waals surface area contributed by atoms with E-state index in [-0.39, 0.29) is 5.95 Å². The molecular weight excluding hydrogens is 338 g/mol. The molecule has 0 aliphatic carbocycles. The molecule has 0 radical (unpaired) electrons. The van der Waals surface area contributed by atoms with Crippen molar-refractivity contribution in [3.05, 3.63) is 23.7 Å². The van der Waals surface area contributed by atoms with Crippen LogP contribution in [-0.4, -0.2) is 46.2 Å². The number of anilines is 2. The zero-order chi connectivity index (χ0) is 16.8. The van der Waals surface area contributed by atoms with Crippen molar-refractivity contribution < 1.29 is 4.74 Å². The minimum atomic E-state index is 0.259. The Kier molecular flexibility index (Phi) is 3.51. The van der Waals surface area contributed by atoms with E-state index in [2.05, 4.69) is 20.2 Å². The molecule has 0 amide bonds. The van der Waals surface area contributed by atoms with Gasteiger partial charge in [-0.3, -0.25) is 0 Å². The maximum atomic E-state index is 5.64. The van der Waals surface area contributed by atoms with Gasteiger partial charge in [0.05, 0.1) is 23.8 Å². The standard InChI is InChI=1S/C16H17N7OS/c17-15-19-5-9(6-20-15)12-13-14(10-7-18-8-11(10)21-13)25-16(22-12)23-1-3-24-4-2-23/h5-6,18H,1-4,7-8H2,(H2,17,19,20). The molecule has 1 saturated heterocycles. The molecule has 128 valence electrons. The number of rotatable bonds is 2. The Morgan fingerprint density at radius 1 is 1.08 bits per heavy atom. The van der Waals surface area contributed by atoms with Crippen LogP contribution >= 0.6 is 11.3 Å².